The molecule has 0 aliphatic carbocycles. The molecule has 6 nitrogen and oxygen atoms in total. The number of piperidine rings is 1. The summed E-state index contributed by atoms with van der Waals surface area (Å²) in [5, 5.41) is 17.6. The number of amides is 1. The molecule has 1 fully saturated rings. The molecule has 26 heavy (non-hydrogen) atoms. The minimum atomic E-state index is -0.602. The molecule has 1 aliphatic rings. The van der Waals surface area contributed by atoms with Gasteiger partial charge < -0.3 is 15.3 Å². The lowest BCUT2D eigenvalue weighted by molar-refractivity contribution is -0.131. The Bertz CT molecular complexity index is 788. The van der Waals surface area contributed by atoms with E-state index >= 15 is 0 Å². The molecular weight excluding hydrogens is 335 g/mol. The van der Waals surface area contributed by atoms with E-state index in [0.717, 1.165) is 29.2 Å². The fourth-order valence-electron chi connectivity index (χ4n) is 3.43. The highest BCUT2D eigenvalue weighted by Gasteiger charge is 2.31. The van der Waals surface area contributed by atoms with Gasteiger partial charge in [-0.1, -0.05) is 0 Å². The van der Waals surface area contributed by atoms with Crippen molar-refractivity contribution in [2.75, 3.05) is 20.1 Å². The van der Waals surface area contributed by atoms with Crippen molar-refractivity contribution in [1.82, 2.24) is 20.0 Å². The van der Waals surface area contributed by atoms with Crippen LogP contribution in [0.3, 0.4) is 0 Å². The second-order valence-electron chi connectivity index (χ2n) is 6.98. The number of benzene rings is 1. The maximum atomic E-state index is 13.1. The number of nitrogens with one attached hydrogen (secondary N) is 1. The van der Waals surface area contributed by atoms with Gasteiger partial charge >= 0.3 is 0 Å². The van der Waals surface area contributed by atoms with Crippen LogP contribution in [0.15, 0.2) is 24.3 Å². The Balaban J connectivity index is 1.72. The van der Waals surface area contributed by atoms with Crippen LogP contribution in [-0.2, 0) is 11.3 Å². The van der Waals surface area contributed by atoms with Gasteiger partial charge in [-0.3, -0.25) is 4.79 Å². The topological polar surface area (TPSA) is 70.4 Å². The lowest BCUT2D eigenvalue weighted by Gasteiger charge is -2.32. The van der Waals surface area contributed by atoms with E-state index in [0.29, 0.717) is 19.5 Å². The van der Waals surface area contributed by atoms with Crippen molar-refractivity contribution in [2.24, 2.45) is 5.92 Å². The molecule has 0 unspecified atom stereocenters. The molecule has 1 aliphatic heterocycles. The molecule has 0 radical (unpaired) electrons. The Morgan fingerprint density at radius 3 is 2.73 bits per heavy atom. The van der Waals surface area contributed by atoms with Crippen LogP contribution in [0.1, 0.15) is 23.4 Å². The first-order chi connectivity index (χ1) is 12.4. The van der Waals surface area contributed by atoms with Crippen LogP contribution in [0.25, 0.3) is 5.69 Å². The third kappa shape index (κ3) is 3.78. The van der Waals surface area contributed by atoms with E-state index < -0.39 is 12.0 Å². The standard InChI is InChI=1S/C19H25FN4O2/c1-12-16(10-21-19(26)17-11-23(3)9-8-18(17)25)13(2)24(22-12)15-6-4-14(20)5-7-15/h4-7,17-18,25H,8-11H2,1-3H3,(H,21,26)/t17-,18+/m1/s1. The molecule has 1 saturated heterocycles. The fraction of sp³-hybridized carbons (Fsp3) is 0.474. The second kappa shape index (κ2) is 7.55. The Morgan fingerprint density at radius 1 is 1.35 bits per heavy atom. The molecule has 0 spiro atoms. The fourth-order valence-corrected chi connectivity index (χ4v) is 3.43. The summed E-state index contributed by atoms with van der Waals surface area (Å²) in [5.41, 5.74) is 3.42. The van der Waals surface area contributed by atoms with Gasteiger partial charge in [-0.2, -0.15) is 5.10 Å². The number of likely N-dealkylation sites (tertiary alicyclic amines) is 1. The maximum absolute atomic E-state index is 13.1. The SMILES string of the molecule is Cc1nn(-c2ccc(F)cc2)c(C)c1CNC(=O)[C@@H]1CN(C)CC[C@@H]1O. The van der Waals surface area contributed by atoms with Gasteiger partial charge in [0.15, 0.2) is 0 Å². The van der Waals surface area contributed by atoms with E-state index in [1.807, 2.05) is 20.9 Å². The minimum absolute atomic E-state index is 0.141. The number of nitrogens with zero attached hydrogens (tertiary/aromatic N) is 3. The minimum Gasteiger partial charge on any atom is -0.392 e. The Kier molecular flexibility index (Phi) is 5.38. The number of carbonyl (C=O) groups is 1. The van der Waals surface area contributed by atoms with Crippen LogP contribution < -0.4 is 5.32 Å². The van der Waals surface area contributed by atoms with Crippen LogP contribution in [0, 0.1) is 25.6 Å². The number of hydrogen-bond acceptors (Lipinski definition) is 4. The van der Waals surface area contributed by atoms with Crippen LogP contribution in [0.5, 0.6) is 0 Å². The summed E-state index contributed by atoms with van der Waals surface area (Å²) >= 11 is 0. The van der Waals surface area contributed by atoms with Gasteiger partial charge in [0.2, 0.25) is 5.91 Å². The summed E-state index contributed by atoms with van der Waals surface area (Å²) in [5.74, 6) is -0.849. The third-order valence-electron chi connectivity index (χ3n) is 5.07. The molecule has 7 heteroatoms. The zero-order valence-corrected chi connectivity index (χ0v) is 15.4. The zero-order chi connectivity index (χ0) is 18.8. The van der Waals surface area contributed by atoms with Crippen LogP contribution in [0.2, 0.25) is 0 Å². The average Bonchev–Trinajstić information content (AvgIpc) is 2.90. The van der Waals surface area contributed by atoms with E-state index in [1.165, 1.54) is 12.1 Å². The smallest absolute Gasteiger partial charge is 0.227 e. The van der Waals surface area contributed by atoms with Crippen LogP contribution in [0.4, 0.5) is 4.39 Å². The number of aliphatic hydroxyl groups is 1. The lowest BCUT2D eigenvalue weighted by Crippen LogP contribution is -2.48. The van der Waals surface area contributed by atoms with Crippen molar-refractivity contribution in [1.29, 1.82) is 0 Å². The summed E-state index contributed by atoms with van der Waals surface area (Å²) < 4.78 is 14.9. The van der Waals surface area contributed by atoms with Gasteiger partial charge in [-0.25, -0.2) is 9.07 Å². The van der Waals surface area contributed by atoms with Gasteiger partial charge in [-0.15, -0.1) is 0 Å². The van der Waals surface area contributed by atoms with Crippen LogP contribution >= 0.6 is 0 Å². The number of halogens is 1. The van der Waals surface area contributed by atoms with Gasteiger partial charge in [-0.05, 0) is 51.6 Å². The molecule has 2 aromatic rings. The average molecular weight is 360 g/mol. The van der Waals surface area contributed by atoms with Crippen molar-refractivity contribution >= 4 is 5.91 Å². The Labute approximate surface area is 152 Å². The molecule has 1 aromatic carbocycles. The molecular formula is C19H25FN4O2. The van der Waals surface area contributed by atoms with Gasteiger partial charge in [0.05, 0.1) is 23.4 Å². The first-order valence-corrected chi connectivity index (χ1v) is 8.82. The summed E-state index contributed by atoms with van der Waals surface area (Å²) in [6.07, 6.45) is 0.00475. The van der Waals surface area contributed by atoms with Crippen LogP contribution in [-0.4, -0.2) is 51.9 Å². The first-order valence-electron chi connectivity index (χ1n) is 8.82. The number of aliphatic hydroxyl groups excluding tert-OH is 1. The Morgan fingerprint density at radius 2 is 2.04 bits per heavy atom. The first kappa shape index (κ1) is 18.5. The second-order valence-corrected chi connectivity index (χ2v) is 6.98. The molecule has 1 aromatic heterocycles. The molecule has 2 atom stereocenters. The van der Waals surface area contributed by atoms with Crippen molar-refractivity contribution < 1.29 is 14.3 Å². The predicted octanol–water partition coefficient (Wildman–Crippen LogP) is 1.56. The number of rotatable bonds is 4. The molecule has 2 heterocycles. The molecule has 0 bridgehead atoms. The summed E-state index contributed by atoms with van der Waals surface area (Å²) in [6.45, 7) is 5.52. The summed E-state index contributed by atoms with van der Waals surface area (Å²) in [4.78, 5) is 14.6. The normalized spacial score (nSPS) is 21.0. The van der Waals surface area contributed by atoms with E-state index in [-0.39, 0.29) is 11.7 Å². The molecule has 0 saturated carbocycles. The molecule has 140 valence electrons. The van der Waals surface area contributed by atoms with Crippen molar-refractivity contribution in [3.63, 3.8) is 0 Å². The quantitative estimate of drug-likeness (QED) is 0.868. The van der Waals surface area contributed by atoms with E-state index in [4.69, 9.17) is 0 Å². The molecule has 1 amide bonds. The lowest BCUT2D eigenvalue weighted by atomic mass is 9.94. The van der Waals surface area contributed by atoms with Gasteiger partial charge in [0.1, 0.15) is 5.82 Å². The number of carbonyl (C=O) groups excluding carboxylic acids is 1. The highest BCUT2D eigenvalue weighted by atomic mass is 19.1. The summed E-state index contributed by atoms with van der Waals surface area (Å²) in [7, 11) is 1.95. The van der Waals surface area contributed by atoms with Crippen molar-refractivity contribution in [3.8, 4) is 5.69 Å². The van der Waals surface area contributed by atoms with E-state index in [2.05, 4.69) is 15.3 Å². The maximum Gasteiger partial charge on any atom is 0.227 e. The summed E-state index contributed by atoms with van der Waals surface area (Å²) in [6, 6.07) is 6.14. The monoisotopic (exact) mass is 360 g/mol. The largest absolute Gasteiger partial charge is 0.392 e. The highest BCUT2D eigenvalue weighted by Crippen LogP contribution is 2.20. The Hall–Kier alpha value is -2.25. The molecule has 3 rings (SSSR count). The van der Waals surface area contributed by atoms with Crippen molar-refractivity contribution in [3.05, 3.63) is 47.0 Å². The van der Waals surface area contributed by atoms with Gasteiger partial charge in [0.25, 0.3) is 0 Å². The van der Waals surface area contributed by atoms with E-state index in [9.17, 15) is 14.3 Å². The molecule has 2 N–H and O–H groups in total. The highest BCUT2D eigenvalue weighted by molar-refractivity contribution is 5.79. The van der Waals surface area contributed by atoms with Gasteiger partial charge in [0, 0.05) is 30.9 Å². The van der Waals surface area contributed by atoms with E-state index in [1.54, 1.807) is 16.8 Å². The number of hydrogen-bond donors (Lipinski definition) is 2. The van der Waals surface area contributed by atoms with Crippen molar-refractivity contribution in [2.45, 2.75) is 32.9 Å². The number of aryl methyl sites for hydroxylation is 1. The number of aromatic nitrogens is 2. The third-order valence-corrected chi connectivity index (χ3v) is 5.07. The zero-order valence-electron chi connectivity index (χ0n) is 15.4. The predicted molar refractivity (Wildman–Crippen MR) is 96.5 cm³/mol.